The van der Waals surface area contributed by atoms with E-state index in [-0.39, 0.29) is 10.8 Å². The Morgan fingerprint density at radius 3 is 2.06 bits per heavy atom. The van der Waals surface area contributed by atoms with Crippen LogP contribution in [0.4, 0.5) is 0 Å². The van der Waals surface area contributed by atoms with Crippen LogP contribution < -0.4 is 0 Å². The van der Waals surface area contributed by atoms with Gasteiger partial charge in [-0.1, -0.05) is 0 Å². The van der Waals surface area contributed by atoms with Gasteiger partial charge in [0.2, 0.25) is 0 Å². The maximum absolute atomic E-state index is 4.65. The fourth-order valence-corrected chi connectivity index (χ4v) is 3.44. The number of hydrogen-bond acceptors (Lipinski definition) is 2. The summed E-state index contributed by atoms with van der Waals surface area (Å²) >= 11 is -0.523. The number of hydrogen-bond donors (Lipinski definition) is 0. The number of nitrogens with zero attached hydrogens (tertiary/aromatic N) is 2. The quantitative estimate of drug-likeness (QED) is 0.686. The second-order valence-corrected chi connectivity index (χ2v) is 8.16. The molecule has 92 valence electrons. The molecule has 2 nitrogen and oxygen atoms in total. The fraction of sp³-hybridized carbons (Fsp3) is 0.571. The van der Waals surface area contributed by atoms with Crippen LogP contribution in [0, 0.1) is 0 Å². The van der Waals surface area contributed by atoms with E-state index in [4.69, 9.17) is 0 Å². The standard InChI is InChI=1S/C14H20N2Te/c1-13(2,3)9-7-10(14(4,5)6)12-11(8-9)15-17-16-12/h7-8H,1-6H3. The predicted octanol–water partition coefficient (Wildman–Crippen LogP) is 3.28. The molecule has 0 unspecified atom stereocenters. The van der Waals surface area contributed by atoms with Gasteiger partial charge in [-0.25, -0.2) is 0 Å². The van der Waals surface area contributed by atoms with Gasteiger partial charge in [0, 0.05) is 0 Å². The Morgan fingerprint density at radius 2 is 1.53 bits per heavy atom. The molecule has 0 saturated heterocycles. The molecule has 0 fully saturated rings. The average molecular weight is 344 g/mol. The summed E-state index contributed by atoms with van der Waals surface area (Å²) in [5, 5.41) is 0. The van der Waals surface area contributed by atoms with Gasteiger partial charge in [0.25, 0.3) is 0 Å². The van der Waals surface area contributed by atoms with Gasteiger partial charge < -0.3 is 0 Å². The van der Waals surface area contributed by atoms with Crippen molar-refractivity contribution in [3.8, 4) is 0 Å². The summed E-state index contributed by atoms with van der Waals surface area (Å²) in [6, 6.07) is 4.56. The first-order valence-corrected chi connectivity index (χ1v) is 8.05. The molecule has 1 aromatic heterocycles. The summed E-state index contributed by atoms with van der Waals surface area (Å²) in [6.07, 6.45) is 0. The van der Waals surface area contributed by atoms with Crippen molar-refractivity contribution in [2.24, 2.45) is 0 Å². The molecule has 17 heavy (non-hydrogen) atoms. The molecule has 0 bridgehead atoms. The third kappa shape index (κ3) is 2.56. The van der Waals surface area contributed by atoms with Gasteiger partial charge in [-0.2, -0.15) is 0 Å². The van der Waals surface area contributed by atoms with Crippen LogP contribution in [0.5, 0.6) is 0 Å². The van der Waals surface area contributed by atoms with E-state index in [9.17, 15) is 0 Å². The Labute approximate surface area is 114 Å². The van der Waals surface area contributed by atoms with E-state index >= 15 is 0 Å². The van der Waals surface area contributed by atoms with Gasteiger partial charge in [0.1, 0.15) is 0 Å². The zero-order chi connectivity index (χ0) is 12.8. The third-order valence-electron chi connectivity index (χ3n) is 3.04. The van der Waals surface area contributed by atoms with Crippen molar-refractivity contribution >= 4 is 32.0 Å². The molecule has 0 aliphatic rings. The first-order valence-electron chi connectivity index (χ1n) is 5.97. The molecule has 0 atom stereocenters. The third-order valence-corrected chi connectivity index (χ3v) is 4.58. The van der Waals surface area contributed by atoms with Gasteiger partial charge in [0.05, 0.1) is 0 Å². The second-order valence-electron chi connectivity index (χ2n) is 6.66. The van der Waals surface area contributed by atoms with E-state index in [2.05, 4.69) is 60.1 Å². The van der Waals surface area contributed by atoms with Gasteiger partial charge in [-0.05, 0) is 0 Å². The van der Waals surface area contributed by atoms with E-state index in [1.54, 1.807) is 0 Å². The summed E-state index contributed by atoms with van der Waals surface area (Å²) in [4.78, 5) is 0. The molecule has 0 amide bonds. The fourth-order valence-electron chi connectivity index (χ4n) is 1.89. The van der Waals surface area contributed by atoms with Gasteiger partial charge in [0.15, 0.2) is 0 Å². The molecule has 2 aromatic rings. The Hall–Kier alpha value is -0.390. The van der Waals surface area contributed by atoms with Gasteiger partial charge in [-0.15, -0.1) is 0 Å². The minimum absolute atomic E-state index is 0.141. The Kier molecular flexibility index (Phi) is 3.12. The Balaban J connectivity index is 2.76. The number of benzene rings is 1. The van der Waals surface area contributed by atoms with Crippen molar-refractivity contribution in [1.29, 1.82) is 0 Å². The molecular formula is C14H20N2Te. The summed E-state index contributed by atoms with van der Waals surface area (Å²) in [5.74, 6) is 0. The molecule has 0 spiro atoms. The number of rotatable bonds is 0. The predicted molar refractivity (Wildman–Crippen MR) is 73.9 cm³/mol. The molecule has 0 N–H and O–H groups in total. The monoisotopic (exact) mass is 346 g/mol. The van der Waals surface area contributed by atoms with Crippen LogP contribution in [-0.2, 0) is 10.8 Å². The van der Waals surface area contributed by atoms with Crippen LogP contribution in [-0.4, -0.2) is 27.4 Å². The first-order chi connectivity index (χ1) is 7.69. The average Bonchev–Trinajstić information content (AvgIpc) is 2.59. The van der Waals surface area contributed by atoms with E-state index in [1.165, 1.54) is 11.1 Å². The molecule has 1 aromatic carbocycles. The maximum atomic E-state index is 4.65. The molecule has 0 radical (unpaired) electrons. The van der Waals surface area contributed by atoms with Crippen LogP contribution in [0.2, 0.25) is 0 Å². The Bertz CT molecular complexity index is 541. The Morgan fingerprint density at radius 1 is 0.882 bits per heavy atom. The SMILES string of the molecule is CC(C)(C)c1cc(C(C)(C)C)c2n[te]nc2c1. The summed E-state index contributed by atoms with van der Waals surface area (Å²) < 4.78 is 9.26. The van der Waals surface area contributed by atoms with Crippen molar-refractivity contribution in [3.05, 3.63) is 23.3 Å². The van der Waals surface area contributed by atoms with Crippen LogP contribution in [0.15, 0.2) is 12.1 Å². The zero-order valence-corrected chi connectivity index (χ0v) is 13.8. The van der Waals surface area contributed by atoms with Crippen LogP contribution >= 0.6 is 0 Å². The van der Waals surface area contributed by atoms with Crippen molar-refractivity contribution < 1.29 is 0 Å². The summed E-state index contributed by atoms with van der Waals surface area (Å²) in [5.41, 5.74) is 5.33. The van der Waals surface area contributed by atoms with E-state index < -0.39 is 21.0 Å². The van der Waals surface area contributed by atoms with Crippen molar-refractivity contribution in [3.63, 3.8) is 0 Å². The molecule has 2 rings (SSSR count). The van der Waals surface area contributed by atoms with Crippen LogP contribution in [0.3, 0.4) is 0 Å². The van der Waals surface area contributed by atoms with E-state index in [1.807, 2.05) is 0 Å². The van der Waals surface area contributed by atoms with Crippen molar-refractivity contribution in [1.82, 2.24) is 6.41 Å². The minimum atomic E-state index is -0.523. The second kappa shape index (κ2) is 4.07. The van der Waals surface area contributed by atoms with E-state index in [0.717, 1.165) is 11.0 Å². The van der Waals surface area contributed by atoms with E-state index in [0.29, 0.717) is 0 Å². The summed E-state index contributed by atoms with van der Waals surface area (Å²) in [6.45, 7) is 13.5. The molecule has 1 heterocycles. The number of aromatic nitrogens is 2. The van der Waals surface area contributed by atoms with Gasteiger partial charge in [-0.3, -0.25) is 0 Å². The van der Waals surface area contributed by atoms with Crippen molar-refractivity contribution in [2.75, 3.05) is 0 Å². The van der Waals surface area contributed by atoms with Crippen LogP contribution in [0.25, 0.3) is 11.0 Å². The van der Waals surface area contributed by atoms with Crippen molar-refractivity contribution in [2.45, 2.75) is 52.4 Å². The van der Waals surface area contributed by atoms with Gasteiger partial charge >= 0.3 is 114 Å². The zero-order valence-electron chi connectivity index (χ0n) is 11.5. The first kappa shape index (κ1) is 13.1. The topological polar surface area (TPSA) is 25.8 Å². The number of fused-ring (bicyclic) bond motifs is 1. The molecule has 0 saturated carbocycles. The summed E-state index contributed by atoms with van der Waals surface area (Å²) in [7, 11) is 0. The molecular weight excluding hydrogens is 324 g/mol. The molecule has 0 aliphatic heterocycles. The van der Waals surface area contributed by atoms with Crippen LogP contribution in [0.1, 0.15) is 52.7 Å². The normalized spacial score (nSPS) is 13.3. The molecule has 3 heteroatoms. The molecule has 0 aliphatic carbocycles.